The van der Waals surface area contributed by atoms with Gasteiger partial charge in [0, 0.05) is 24.5 Å². The third-order valence-corrected chi connectivity index (χ3v) is 5.22. The molecule has 7 heteroatoms. The second kappa shape index (κ2) is 10.2. The Morgan fingerprint density at radius 3 is 2.71 bits per heavy atom. The highest BCUT2D eigenvalue weighted by molar-refractivity contribution is 6.30. The van der Waals surface area contributed by atoms with Gasteiger partial charge in [0.05, 0.1) is 23.9 Å². The largest absolute Gasteiger partial charge is 0.494 e. The van der Waals surface area contributed by atoms with Gasteiger partial charge in [-0.15, -0.1) is 0 Å². The van der Waals surface area contributed by atoms with Crippen molar-refractivity contribution in [1.29, 1.82) is 0 Å². The summed E-state index contributed by atoms with van der Waals surface area (Å²) in [6, 6.07) is 18.9. The first-order chi connectivity index (χ1) is 15.2. The molecule has 2 heterocycles. The Morgan fingerprint density at radius 2 is 1.90 bits per heavy atom. The molecule has 2 aromatic heterocycles. The number of nitrogens with zero attached hydrogens (tertiary/aromatic N) is 2. The molecule has 0 bridgehead atoms. The molecule has 0 fully saturated rings. The number of benzene rings is 2. The van der Waals surface area contributed by atoms with Gasteiger partial charge in [0.15, 0.2) is 5.76 Å². The van der Waals surface area contributed by atoms with E-state index in [2.05, 4.69) is 16.0 Å². The third-order valence-electron chi connectivity index (χ3n) is 4.97. The van der Waals surface area contributed by atoms with Crippen LogP contribution >= 0.6 is 11.6 Å². The Balaban J connectivity index is 1.32. The lowest BCUT2D eigenvalue weighted by molar-refractivity contribution is 0.0926. The van der Waals surface area contributed by atoms with Gasteiger partial charge in [-0.2, -0.15) is 0 Å². The van der Waals surface area contributed by atoms with Gasteiger partial charge in [-0.3, -0.25) is 4.79 Å². The maximum absolute atomic E-state index is 12.1. The maximum Gasteiger partial charge on any atom is 0.286 e. The Labute approximate surface area is 185 Å². The van der Waals surface area contributed by atoms with E-state index in [1.54, 1.807) is 12.1 Å². The van der Waals surface area contributed by atoms with Crippen molar-refractivity contribution in [3.63, 3.8) is 0 Å². The molecule has 160 valence electrons. The van der Waals surface area contributed by atoms with Gasteiger partial charge in [0.25, 0.3) is 5.91 Å². The summed E-state index contributed by atoms with van der Waals surface area (Å²) in [4.78, 5) is 16.9. The topological polar surface area (TPSA) is 69.3 Å². The van der Waals surface area contributed by atoms with Crippen LogP contribution in [0.15, 0.2) is 71.3 Å². The number of ether oxygens (including phenoxy) is 1. The summed E-state index contributed by atoms with van der Waals surface area (Å²) < 4.78 is 13.2. The lowest BCUT2D eigenvalue weighted by Gasteiger charge is -2.10. The van der Waals surface area contributed by atoms with E-state index in [4.69, 9.17) is 25.7 Å². The van der Waals surface area contributed by atoms with Gasteiger partial charge < -0.3 is 19.0 Å². The summed E-state index contributed by atoms with van der Waals surface area (Å²) in [6.07, 6.45) is 4.01. The van der Waals surface area contributed by atoms with E-state index < -0.39 is 0 Å². The number of para-hydroxylation sites is 2. The summed E-state index contributed by atoms with van der Waals surface area (Å²) >= 11 is 5.90. The number of carbonyl (C=O) groups is 1. The number of imidazole rings is 1. The number of aryl methyl sites for hydroxylation is 1. The van der Waals surface area contributed by atoms with Crippen LogP contribution in [0.25, 0.3) is 11.0 Å². The van der Waals surface area contributed by atoms with Crippen molar-refractivity contribution >= 4 is 28.5 Å². The highest BCUT2D eigenvalue weighted by Crippen LogP contribution is 2.18. The van der Waals surface area contributed by atoms with E-state index in [0.29, 0.717) is 30.4 Å². The number of rotatable bonds is 10. The molecular formula is C24H24ClN3O3. The molecule has 0 atom stereocenters. The maximum atomic E-state index is 12.1. The second-order valence-corrected chi connectivity index (χ2v) is 7.60. The number of furan rings is 1. The van der Waals surface area contributed by atoms with Crippen LogP contribution in [0.1, 0.15) is 29.2 Å². The summed E-state index contributed by atoms with van der Waals surface area (Å²) in [5.41, 5.74) is 2.07. The zero-order valence-corrected chi connectivity index (χ0v) is 17.8. The molecule has 6 nitrogen and oxygen atoms in total. The number of nitrogens with one attached hydrogen (secondary N) is 1. The minimum atomic E-state index is -0.216. The van der Waals surface area contributed by atoms with Crippen LogP contribution in [-0.4, -0.2) is 28.6 Å². The minimum Gasteiger partial charge on any atom is -0.494 e. The van der Waals surface area contributed by atoms with Crippen molar-refractivity contribution < 1.29 is 13.9 Å². The van der Waals surface area contributed by atoms with E-state index in [0.717, 1.165) is 42.0 Å². The average molecular weight is 438 g/mol. The lowest BCUT2D eigenvalue weighted by Crippen LogP contribution is -2.26. The first-order valence-electron chi connectivity index (χ1n) is 10.3. The minimum absolute atomic E-state index is 0.216. The number of amides is 1. The standard InChI is InChI=1S/C24H24ClN3O3/c25-18-9-11-19(12-10-18)30-16-4-3-15-28-21-7-2-1-6-20(21)27-23(28)13-14-26-24(29)22-8-5-17-31-22/h1-2,5-12,17H,3-4,13-16H2,(H,26,29). The van der Waals surface area contributed by atoms with E-state index in [-0.39, 0.29) is 5.91 Å². The Morgan fingerprint density at radius 1 is 1.06 bits per heavy atom. The molecule has 0 unspecified atom stereocenters. The summed E-state index contributed by atoms with van der Waals surface area (Å²) in [7, 11) is 0. The van der Waals surface area contributed by atoms with Gasteiger partial charge in [-0.25, -0.2) is 4.98 Å². The average Bonchev–Trinajstić information content (AvgIpc) is 3.43. The monoisotopic (exact) mass is 437 g/mol. The summed E-state index contributed by atoms with van der Waals surface area (Å²) in [5.74, 6) is 1.88. The van der Waals surface area contributed by atoms with Crippen molar-refractivity contribution in [3.05, 3.63) is 83.5 Å². The molecule has 0 radical (unpaired) electrons. The van der Waals surface area contributed by atoms with Crippen LogP contribution in [0.2, 0.25) is 5.02 Å². The van der Waals surface area contributed by atoms with Crippen molar-refractivity contribution in [1.82, 2.24) is 14.9 Å². The first kappa shape index (κ1) is 21.0. The Hall–Kier alpha value is -3.25. The Bertz CT molecular complexity index is 1120. The van der Waals surface area contributed by atoms with Gasteiger partial charge >= 0.3 is 0 Å². The highest BCUT2D eigenvalue weighted by atomic mass is 35.5. The van der Waals surface area contributed by atoms with E-state index in [1.165, 1.54) is 6.26 Å². The predicted molar refractivity (Wildman–Crippen MR) is 121 cm³/mol. The fourth-order valence-corrected chi connectivity index (χ4v) is 3.57. The van der Waals surface area contributed by atoms with Crippen LogP contribution < -0.4 is 10.1 Å². The molecule has 4 rings (SSSR count). The molecule has 1 amide bonds. The van der Waals surface area contributed by atoms with Gasteiger partial charge in [-0.05, 0) is 61.4 Å². The zero-order chi connectivity index (χ0) is 21.5. The molecule has 31 heavy (non-hydrogen) atoms. The molecule has 4 aromatic rings. The number of fused-ring (bicyclic) bond motifs is 1. The molecule has 0 aliphatic heterocycles. The highest BCUT2D eigenvalue weighted by Gasteiger charge is 2.12. The number of halogens is 1. The van der Waals surface area contributed by atoms with Crippen LogP contribution in [0.4, 0.5) is 0 Å². The zero-order valence-electron chi connectivity index (χ0n) is 17.1. The molecule has 0 spiro atoms. The number of hydrogen-bond acceptors (Lipinski definition) is 4. The first-order valence-corrected chi connectivity index (χ1v) is 10.7. The fourth-order valence-electron chi connectivity index (χ4n) is 3.44. The molecule has 0 aliphatic rings. The molecule has 0 saturated heterocycles. The number of carbonyl (C=O) groups excluding carboxylic acids is 1. The molecule has 0 saturated carbocycles. The predicted octanol–water partition coefficient (Wildman–Crippen LogP) is 5.11. The van der Waals surface area contributed by atoms with Crippen molar-refractivity contribution in [2.75, 3.05) is 13.2 Å². The number of aromatic nitrogens is 2. The molecular weight excluding hydrogens is 414 g/mol. The smallest absolute Gasteiger partial charge is 0.286 e. The molecule has 2 aromatic carbocycles. The van der Waals surface area contributed by atoms with Crippen LogP contribution in [-0.2, 0) is 13.0 Å². The normalized spacial score (nSPS) is 11.0. The van der Waals surface area contributed by atoms with Crippen molar-refractivity contribution in [3.8, 4) is 5.75 Å². The lowest BCUT2D eigenvalue weighted by atomic mass is 10.2. The summed E-state index contributed by atoms with van der Waals surface area (Å²) in [6.45, 7) is 1.97. The molecule has 0 aliphatic carbocycles. The Kier molecular flexibility index (Phi) is 6.89. The second-order valence-electron chi connectivity index (χ2n) is 7.16. The van der Waals surface area contributed by atoms with Crippen LogP contribution in [0.3, 0.4) is 0 Å². The van der Waals surface area contributed by atoms with Crippen LogP contribution in [0, 0.1) is 0 Å². The number of unbranched alkanes of at least 4 members (excludes halogenated alkanes) is 1. The summed E-state index contributed by atoms with van der Waals surface area (Å²) in [5, 5.41) is 3.59. The van der Waals surface area contributed by atoms with Gasteiger partial charge in [0.2, 0.25) is 0 Å². The van der Waals surface area contributed by atoms with E-state index >= 15 is 0 Å². The number of hydrogen-bond donors (Lipinski definition) is 1. The third kappa shape index (κ3) is 5.47. The SMILES string of the molecule is O=C(NCCc1nc2ccccc2n1CCCCOc1ccc(Cl)cc1)c1ccco1. The fraction of sp³-hybridized carbons (Fsp3) is 0.250. The molecule has 1 N–H and O–H groups in total. The van der Waals surface area contributed by atoms with Crippen LogP contribution in [0.5, 0.6) is 5.75 Å². The van der Waals surface area contributed by atoms with E-state index in [1.807, 2.05) is 42.5 Å². The van der Waals surface area contributed by atoms with E-state index in [9.17, 15) is 4.79 Å². The van der Waals surface area contributed by atoms with Crippen molar-refractivity contribution in [2.24, 2.45) is 0 Å². The van der Waals surface area contributed by atoms with Gasteiger partial charge in [-0.1, -0.05) is 23.7 Å². The quantitative estimate of drug-likeness (QED) is 0.350. The van der Waals surface area contributed by atoms with Crippen molar-refractivity contribution in [2.45, 2.75) is 25.8 Å². The van der Waals surface area contributed by atoms with Gasteiger partial charge in [0.1, 0.15) is 11.6 Å².